The Bertz CT molecular complexity index is 739. The molecule has 0 radical (unpaired) electrons. The first-order valence-electron chi connectivity index (χ1n) is 9.51. The molecule has 2 saturated heterocycles. The summed E-state index contributed by atoms with van der Waals surface area (Å²) in [5.41, 5.74) is 0.803. The highest BCUT2D eigenvalue weighted by Crippen LogP contribution is 2.28. The van der Waals surface area contributed by atoms with E-state index in [1.54, 1.807) is 24.2 Å². The van der Waals surface area contributed by atoms with Gasteiger partial charge in [-0.1, -0.05) is 11.8 Å². The van der Waals surface area contributed by atoms with Crippen LogP contribution in [-0.2, 0) is 0 Å². The smallest absolute Gasteiger partial charge is 0.254 e. The van der Waals surface area contributed by atoms with Crippen LogP contribution in [0.4, 0.5) is 0 Å². The summed E-state index contributed by atoms with van der Waals surface area (Å²) in [6.45, 7) is 4.32. The number of aromatic nitrogens is 1. The maximum absolute atomic E-state index is 13.0. The molecule has 152 valence electrons. The molecule has 0 spiro atoms. The number of nitrogens with zero attached hydrogens (tertiary/aromatic N) is 3. The summed E-state index contributed by atoms with van der Waals surface area (Å²) in [6.07, 6.45) is 8.47. The van der Waals surface area contributed by atoms with Gasteiger partial charge in [0.25, 0.3) is 5.91 Å². The third kappa shape index (κ3) is 5.63. The van der Waals surface area contributed by atoms with E-state index in [2.05, 4.69) is 14.8 Å². The van der Waals surface area contributed by atoms with E-state index in [0.717, 1.165) is 41.3 Å². The van der Waals surface area contributed by atoms with Crippen molar-refractivity contribution in [3.8, 4) is 0 Å². The van der Waals surface area contributed by atoms with Crippen LogP contribution in [0.15, 0.2) is 58.6 Å². The second-order valence-corrected chi connectivity index (χ2v) is 8.26. The number of carbonyl (C=O) groups is 1. The van der Waals surface area contributed by atoms with Gasteiger partial charge in [0.1, 0.15) is 0 Å². The van der Waals surface area contributed by atoms with Crippen molar-refractivity contribution < 1.29 is 4.79 Å². The molecule has 1 atom stereocenters. The van der Waals surface area contributed by atoms with Crippen molar-refractivity contribution in [2.45, 2.75) is 41.5 Å². The number of hydrogen-bond acceptors (Lipinski definition) is 4. The third-order valence-electron chi connectivity index (χ3n) is 5.29. The van der Waals surface area contributed by atoms with Gasteiger partial charge in [-0.25, -0.2) is 0 Å². The summed E-state index contributed by atoms with van der Waals surface area (Å²) in [6, 6.07) is 12.4. The molecule has 0 aliphatic carbocycles. The number of hydrogen-bond donors (Lipinski definition) is 0. The van der Waals surface area contributed by atoms with Gasteiger partial charge in [0.05, 0.1) is 0 Å². The van der Waals surface area contributed by atoms with Crippen LogP contribution < -0.4 is 0 Å². The highest BCUT2D eigenvalue weighted by Gasteiger charge is 2.31. The Labute approximate surface area is 183 Å². The average Bonchev–Trinajstić information content (AvgIpc) is 3.35. The van der Waals surface area contributed by atoms with Crippen LogP contribution >= 0.6 is 36.6 Å². The average molecular weight is 440 g/mol. The highest BCUT2D eigenvalue weighted by molar-refractivity contribution is 7.99. The molecule has 2 aliphatic rings. The molecule has 7 heteroatoms. The largest absolute Gasteiger partial charge is 0.334 e. The van der Waals surface area contributed by atoms with Crippen molar-refractivity contribution in [3.63, 3.8) is 0 Å². The SMILES string of the molecule is Cl.Cl.O=C(c1ccc(Sc2ccncc2)cc1)N1CCC[C@H]1CN1CCCC1. The van der Waals surface area contributed by atoms with Crippen molar-refractivity contribution in [3.05, 3.63) is 54.4 Å². The Morgan fingerprint density at radius 2 is 1.57 bits per heavy atom. The number of likely N-dealkylation sites (tertiary alicyclic amines) is 2. The summed E-state index contributed by atoms with van der Waals surface area (Å²) in [5, 5.41) is 0. The van der Waals surface area contributed by atoms with Crippen LogP contribution in [0.1, 0.15) is 36.0 Å². The number of halogens is 2. The first-order valence-corrected chi connectivity index (χ1v) is 10.3. The zero-order valence-electron chi connectivity index (χ0n) is 15.8. The van der Waals surface area contributed by atoms with E-state index in [9.17, 15) is 4.79 Å². The third-order valence-corrected chi connectivity index (χ3v) is 6.31. The van der Waals surface area contributed by atoms with Crippen molar-refractivity contribution >= 4 is 42.5 Å². The van der Waals surface area contributed by atoms with E-state index in [1.807, 2.05) is 36.4 Å². The molecule has 0 N–H and O–H groups in total. The minimum absolute atomic E-state index is 0. The summed E-state index contributed by atoms with van der Waals surface area (Å²) < 4.78 is 0. The van der Waals surface area contributed by atoms with Gasteiger partial charge in [-0.15, -0.1) is 24.8 Å². The lowest BCUT2D eigenvalue weighted by atomic mass is 10.1. The van der Waals surface area contributed by atoms with Gasteiger partial charge < -0.3 is 9.80 Å². The molecule has 3 heterocycles. The molecule has 1 aromatic carbocycles. The second kappa shape index (κ2) is 11.1. The monoisotopic (exact) mass is 439 g/mol. The molecule has 0 saturated carbocycles. The molecule has 0 bridgehead atoms. The minimum atomic E-state index is 0. The van der Waals surface area contributed by atoms with E-state index in [0.29, 0.717) is 6.04 Å². The normalized spacial score (nSPS) is 19.1. The van der Waals surface area contributed by atoms with Gasteiger partial charge >= 0.3 is 0 Å². The predicted octanol–water partition coefficient (Wildman–Crippen LogP) is 4.78. The summed E-state index contributed by atoms with van der Waals surface area (Å²) >= 11 is 1.69. The van der Waals surface area contributed by atoms with Gasteiger partial charge in [0.2, 0.25) is 0 Å². The second-order valence-electron chi connectivity index (χ2n) is 7.11. The molecule has 2 aliphatic heterocycles. The summed E-state index contributed by atoms with van der Waals surface area (Å²) in [7, 11) is 0. The Balaban J connectivity index is 0.00000140. The van der Waals surface area contributed by atoms with Crippen LogP contribution in [0.25, 0.3) is 0 Å². The van der Waals surface area contributed by atoms with Crippen LogP contribution in [0.2, 0.25) is 0 Å². The first kappa shape index (κ1) is 23.0. The lowest BCUT2D eigenvalue weighted by molar-refractivity contribution is 0.0708. The van der Waals surface area contributed by atoms with Crippen molar-refractivity contribution in [1.82, 2.24) is 14.8 Å². The quantitative estimate of drug-likeness (QED) is 0.671. The Hall–Kier alpha value is -1.27. The molecule has 0 unspecified atom stereocenters. The number of rotatable bonds is 5. The van der Waals surface area contributed by atoms with E-state index >= 15 is 0 Å². The molecule has 1 aromatic heterocycles. The molecule has 4 rings (SSSR count). The van der Waals surface area contributed by atoms with Crippen LogP contribution in [0, 0.1) is 0 Å². The minimum Gasteiger partial charge on any atom is -0.334 e. The Morgan fingerprint density at radius 3 is 2.25 bits per heavy atom. The molecule has 28 heavy (non-hydrogen) atoms. The topological polar surface area (TPSA) is 36.4 Å². The number of carbonyl (C=O) groups excluding carboxylic acids is 1. The van der Waals surface area contributed by atoms with Gasteiger partial charge in [-0.3, -0.25) is 9.78 Å². The molecule has 1 amide bonds. The molecule has 2 aromatic rings. The fraction of sp³-hybridized carbons (Fsp3) is 0.429. The number of pyridine rings is 1. The van der Waals surface area contributed by atoms with Crippen molar-refractivity contribution in [2.24, 2.45) is 0 Å². The number of benzene rings is 1. The van der Waals surface area contributed by atoms with Gasteiger partial charge in [0.15, 0.2) is 0 Å². The van der Waals surface area contributed by atoms with Gasteiger partial charge in [-0.05, 0) is 75.2 Å². The Kier molecular flexibility index (Phi) is 9.09. The maximum Gasteiger partial charge on any atom is 0.254 e. The summed E-state index contributed by atoms with van der Waals surface area (Å²) in [4.78, 5) is 24.0. The Morgan fingerprint density at radius 1 is 0.929 bits per heavy atom. The molecule has 2 fully saturated rings. The van der Waals surface area contributed by atoms with Crippen LogP contribution in [0.5, 0.6) is 0 Å². The van der Waals surface area contributed by atoms with Crippen molar-refractivity contribution in [1.29, 1.82) is 0 Å². The van der Waals surface area contributed by atoms with Crippen molar-refractivity contribution in [2.75, 3.05) is 26.2 Å². The van der Waals surface area contributed by atoms with Crippen LogP contribution in [0.3, 0.4) is 0 Å². The predicted molar refractivity (Wildman–Crippen MR) is 119 cm³/mol. The van der Waals surface area contributed by atoms with Gasteiger partial charge in [0, 0.05) is 46.9 Å². The van der Waals surface area contributed by atoms with Crippen LogP contribution in [-0.4, -0.2) is 52.9 Å². The zero-order valence-corrected chi connectivity index (χ0v) is 18.3. The zero-order chi connectivity index (χ0) is 17.8. The molecule has 4 nitrogen and oxygen atoms in total. The fourth-order valence-electron chi connectivity index (χ4n) is 3.93. The van der Waals surface area contributed by atoms with E-state index < -0.39 is 0 Å². The lowest BCUT2D eigenvalue weighted by Crippen LogP contribution is -2.42. The highest BCUT2D eigenvalue weighted by atomic mass is 35.5. The fourth-order valence-corrected chi connectivity index (χ4v) is 4.73. The standard InChI is InChI=1S/C21H25N3OS.2ClH/c25-21(24-15-3-4-18(24)16-23-13-1-2-14-23)17-5-7-19(8-6-17)26-20-9-11-22-12-10-20;;/h5-12,18H,1-4,13-16H2;2*1H/t18-;;/m0../s1. The van der Waals surface area contributed by atoms with Gasteiger partial charge in [-0.2, -0.15) is 0 Å². The number of amides is 1. The van der Waals surface area contributed by atoms with E-state index in [1.165, 1.54) is 25.9 Å². The first-order chi connectivity index (χ1) is 12.8. The van der Waals surface area contributed by atoms with E-state index in [-0.39, 0.29) is 30.7 Å². The van der Waals surface area contributed by atoms with E-state index in [4.69, 9.17) is 0 Å². The summed E-state index contributed by atoms with van der Waals surface area (Å²) in [5.74, 6) is 0.187. The lowest BCUT2D eigenvalue weighted by Gasteiger charge is -2.28. The molecular formula is C21H27Cl2N3OS. The maximum atomic E-state index is 13.0. The molecular weight excluding hydrogens is 413 g/mol.